The van der Waals surface area contributed by atoms with Crippen LogP contribution in [-0.2, 0) is 4.74 Å². The fraction of sp³-hybridized carbons (Fsp3) is 0.909. The van der Waals surface area contributed by atoms with E-state index < -0.39 is 0 Å². The number of hydrogen-bond donors (Lipinski definition) is 4. The number of methoxy groups -OCH3 is 1. The first kappa shape index (κ1) is 12.6. The molecule has 2 rings (SSSR count). The zero-order valence-corrected chi connectivity index (χ0v) is 10.5. The van der Waals surface area contributed by atoms with Gasteiger partial charge in [0, 0.05) is 19.2 Å². The molecule has 5 unspecified atom stereocenters. The van der Waals surface area contributed by atoms with Gasteiger partial charge < -0.3 is 16.2 Å². The van der Waals surface area contributed by atoms with Crippen molar-refractivity contribution in [2.24, 2.45) is 22.4 Å². The molecule has 6 nitrogen and oxygen atoms in total. The summed E-state index contributed by atoms with van der Waals surface area (Å²) in [6.07, 6.45) is 3.53. The maximum atomic E-state index is 5.45. The quantitative estimate of drug-likeness (QED) is 0.379. The van der Waals surface area contributed by atoms with Crippen LogP contribution in [0.3, 0.4) is 0 Å². The lowest BCUT2D eigenvalue weighted by Gasteiger charge is -2.45. The highest BCUT2D eigenvalue weighted by atomic mass is 16.5. The summed E-state index contributed by atoms with van der Waals surface area (Å²) in [6, 6.07) is 0.852. The average molecular weight is 241 g/mol. The fourth-order valence-electron chi connectivity index (χ4n) is 3.01. The molecule has 2 aliphatic rings. The maximum absolute atomic E-state index is 5.45. The molecular formula is C11H23N5O. The molecular weight excluding hydrogens is 218 g/mol. The van der Waals surface area contributed by atoms with Gasteiger partial charge in [-0.1, -0.05) is 0 Å². The molecule has 0 radical (unpaired) electrons. The Labute approximate surface area is 102 Å². The van der Waals surface area contributed by atoms with Crippen molar-refractivity contribution in [1.29, 1.82) is 0 Å². The van der Waals surface area contributed by atoms with E-state index in [4.69, 9.17) is 16.2 Å². The zero-order valence-electron chi connectivity index (χ0n) is 10.5. The first-order valence-corrected chi connectivity index (χ1v) is 6.23. The van der Waals surface area contributed by atoms with Crippen LogP contribution in [0, 0.1) is 5.92 Å². The lowest BCUT2D eigenvalue weighted by Crippen LogP contribution is -2.64. The minimum absolute atomic E-state index is 0.111. The summed E-state index contributed by atoms with van der Waals surface area (Å²) in [4.78, 5) is 4.14. The van der Waals surface area contributed by atoms with Gasteiger partial charge in [-0.25, -0.2) is 4.99 Å². The lowest BCUT2D eigenvalue weighted by molar-refractivity contribution is 0.0152. The fourth-order valence-corrected chi connectivity index (χ4v) is 3.01. The second-order valence-electron chi connectivity index (χ2n) is 5.02. The molecule has 0 amide bonds. The number of hydrogen-bond acceptors (Lipinski definition) is 4. The van der Waals surface area contributed by atoms with Crippen molar-refractivity contribution in [3.63, 3.8) is 0 Å². The first-order chi connectivity index (χ1) is 8.10. The third kappa shape index (κ3) is 2.88. The standard InChI is InChI=1S/C11H23N5O/c1-6-8-4-3-7(17-2)5-9(8)15-11(14-6)16-10(12)13/h6-9,11,14-15H,3-5H2,1-2H3,(H4,12,13,16). The van der Waals surface area contributed by atoms with Crippen molar-refractivity contribution in [1.82, 2.24) is 10.6 Å². The topological polar surface area (TPSA) is 97.7 Å². The Morgan fingerprint density at radius 1 is 1.29 bits per heavy atom. The van der Waals surface area contributed by atoms with E-state index in [1.165, 1.54) is 6.42 Å². The number of nitrogens with one attached hydrogen (secondary N) is 2. The summed E-state index contributed by atoms with van der Waals surface area (Å²) in [7, 11) is 1.78. The summed E-state index contributed by atoms with van der Waals surface area (Å²) in [5, 5.41) is 6.82. The van der Waals surface area contributed by atoms with Crippen molar-refractivity contribution in [2.75, 3.05) is 7.11 Å². The third-order valence-electron chi connectivity index (χ3n) is 3.90. The SMILES string of the molecule is COC1CCC2C(C)NC(N=C(N)N)NC2C1. The van der Waals surface area contributed by atoms with E-state index in [1.807, 2.05) is 0 Å². The van der Waals surface area contributed by atoms with Crippen molar-refractivity contribution in [3.8, 4) is 0 Å². The summed E-state index contributed by atoms with van der Waals surface area (Å²) in [6.45, 7) is 2.20. The van der Waals surface area contributed by atoms with Gasteiger partial charge in [0.25, 0.3) is 0 Å². The molecule has 1 saturated carbocycles. The van der Waals surface area contributed by atoms with E-state index in [0.717, 1.165) is 12.8 Å². The molecule has 6 N–H and O–H groups in total. The number of ether oxygens (including phenoxy) is 1. The van der Waals surface area contributed by atoms with Gasteiger partial charge >= 0.3 is 0 Å². The molecule has 0 aromatic heterocycles. The molecule has 1 aliphatic heterocycles. The Morgan fingerprint density at radius 2 is 2.06 bits per heavy atom. The van der Waals surface area contributed by atoms with Gasteiger partial charge in [0.15, 0.2) is 12.2 Å². The van der Waals surface area contributed by atoms with Crippen LogP contribution in [-0.4, -0.2) is 37.5 Å². The number of nitrogens with zero attached hydrogens (tertiary/aromatic N) is 1. The molecule has 17 heavy (non-hydrogen) atoms. The van der Waals surface area contributed by atoms with E-state index in [-0.39, 0.29) is 12.2 Å². The minimum Gasteiger partial charge on any atom is -0.381 e. The Balaban J connectivity index is 2.02. The molecule has 1 heterocycles. The van der Waals surface area contributed by atoms with Crippen molar-refractivity contribution < 1.29 is 4.74 Å². The largest absolute Gasteiger partial charge is 0.381 e. The minimum atomic E-state index is -0.174. The summed E-state index contributed by atoms with van der Waals surface area (Å²) in [5.74, 6) is 0.742. The predicted octanol–water partition coefficient (Wildman–Crippen LogP) is -0.692. The van der Waals surface area contributed by atoms with Crippen molar-refractivity contribution in [3.05, 3.63) is 0 Å². The number of aliphatic imine (C=N–C) groups is 1. The van der Waals surface area contributed by atoms with Gasteiger partial charge in [0.1, 0.15) is 0 Å². The number of nitrogens with two attached hydrogens (primary N) is 2. The molecule has 98 valence electrons. The van der Waals surface area contributed by atoms with Gasteiger partial charge in [0.05, 0.1) is 6.10 Å². The highest BCUT2D eigenvalue weighted by molar-refractivity contribution is 5.75. The smallest absolute Gasteiger partial charge is 0.188 e. The second-order valence-corrected chi connectivity index (χ2v) is 5.02. The molecule has 5 atom stereocenters. The van der Waals surface area contributed by atoms with E-state index in [0.29, 0.717) is 24.1 Å². The van der Waals surface area contributed by atoms with Crippen LogP contribution in [0.1, 0.15) is 26.2 Å². The second kappa shape index (κ2) is 5.20. The highest BCUT2D eigenvalue weighted by Crippen LogP contribution is 2.31. The Kier molecular flexibility index (Phi) is 3.86. The van der Waals surface area contributed by atoms with Crippen LogP contribution in [0.2, 0.25) is 0 Å². The van der Waals surface area contributed by atoms with E-state index in [1.54, 1.807) is 7.11 Å². The molecule has 0 aromatic rings. The van der Waals surface area contributed by atoms with Gasteiger partial charge in [-0.15, -0.1) is 0 Å². The first-order valence-electron chi connectivity index (χ1n) is 6.23. The van der Waals surface area contributed by atoms with Crippen LogP contribution in [0.15, 0.2) is 4.99 Å². The molecule has 0 aromatic carbocycles. The molecule has 0 bridgehead atoms. The number of fused-ring (bicyclic) bond motifs is 1. The Morgan fingerprint density at radius 3 is 2.71 bits per heavy atom. The molecule has 1 aliphatic carbocycles. The Hall–Kier alpha value is -0.850. The summed E-state index contributed by atoms with van der Waals surface area (Å²) >= 11 is 0. The van der Waals surface area contributed by atoms with E-state index in [9.17, 15) is 0 Å². The van der Waals surface area contributed by atoms with Gasteiger partial charge in [0.2, 0.25) is 0 Å². The number of guanidine groups is 1. The maximum Gasteiger partial charge on any atom is 0.188 e. The summed E-state index contributed by atoms with van der Waals surface area (Å²) in [5.41, 5.74) is 10.8. The van der Waals surface area contributed by atoms with Gasteiger partial charge in [-0.3, -0.25) is 10.6 Å². The van der Waals surface area contributed by atoms with Gasteiger partial charge in [-0.05, 0) is 32.1 Å². The molecule has 1 saturated heterocycles. The molecule has 6 heteroatoms. The van der Waals surface area contributed by atoms with Crippen LogP contribution >= 0.6 is 0 Å². The lowest BCUT2D eigenvalue weighted by atomic mass is 9.77. The van der Waals surface area contributed by atoms with Crippen LogP contribution < -0.4 is 22.1 Å². The Bertz CT molecular complexity index is 292. The average Bonchev–Trinajstić information content (AvgIpc) is 2.27. The molecule has 0 spiro atoms. The van der Waals surface area contributed by atoms with Crippen LogP contribution in [0.25, 0.3) is 0 Å². The van der Waals surface area contributed by atoms with Crippen LogP contribution in [0.4, 0.5) is 0 Å². The van der Waals surface area contributed by atoms with Gasteiger partial charge in [-0.2, -0.15) is 0 Å². The third-order valence-corrected chi connectivity index (χ3v) is 3.90. The molecule has 2 fully saturated rings. The monoisotopic (exact) mass is 241 g/mol. The summed E-state index contributed by atoms with van der Waals surface area (Å²) < 4.78 is 5.45. The normalized spacial score (nSPS) is 41.6. The highest BCUT2D eigenvalue weighted by Gasteiger charge is 2.38. The van der Waals surface area contributed by atoms with Crippen LogP contribution in [0.5, 0.6) is 0 Å². The predicted molar refractivity (Wildman–Crippen MR) is 67.3 cm³/mol. The number of rotatable bonds is 2. The van der Waals surface area contributed by atoms with E-state index in [2.05, 4.69) is 22.5 Å². The van der Waals surface area contributed by atoms with Crippen molar-refractivity contribution >= 4 is 5.96 Å². The van der Waals surface area contributed by atoms with Crippen molar-refractivity contribution in [2.45, 2.75) is 50.7 Å². The zero-order chi connectivity index (χ0) is 12.4. The van der Waals surface area contributed by atoms with E-state index >= 15 is 0 Å².